The lowest BCUT2D eigenvalue weighted by Gasteiger charge is -2.08. The first-order chi connectivity index (χ1) is 7.94. The Morgan fingerprint density at radius 3 is 2.76 bits per heavy atom. The van der Waals surface area contributed by atoms with Crippen LogP contribution >= 0.6 is 15.9 Å². The number of halogens is 1. The van der Waals surface area contributed by atoms with Crippen LogP contribution < -0.4 is 10.0 Å². The lowest BCUT2D eigenvalue weighted by atomic mass is 10.3. The number of sulfonamides is 1. The maximum Gasteiger partial charge on any atom is 0.233 e. The molecular formula is C10H16BrN3O2S. The van der Waals surface area contributed by atoms with E-state index in [0.717, 1.165) is 10.0 Å². The minimum atomic E-state index is -3.30. The van der Waals surface area contributed by atoms with Crippen LogP contribution in [0.1, 0.15) is 12.0 Å². The Balaban J connectivity index is 2.66. The summed E-state index contributed by atoms with van der Waals surface area (Å²) >= 11 is 3.31. The van der Waals surface area contributed by atoms with Gasteiger partial charge in [0, 0.05) is 10.7 Å². The van der Waals surface area contributed by atoms with E-state index in [1.54, 1.807) is 19.3 Å². The predicted octanol–water partition coefficient (Wildman–Crippen LogP) is 1.50. The number of rotatable bonds is 6. The number of nitrogens with zero attached hydrogens (tertiary/aromatic N) is 1. The predicted molar refractivity (Wildman–Crippen MR) is 72.6 cm³/mol. The molecule has 0 atom stereocenters. The largest absolute Gasteiger partial charge is 0.320 e. The minimum absolute atomic E-state index is 0.0879. The zero-order chi connectivity index (χ0) is 12.9. The van der Waals surface area contributed by atoms with Crippen LogP contribution in [0, 0.1) is 6.92 Å². The normalized spacial score (nSPS) is 11.5. The fraction of sp³-hybridized carbons (Fsp3) is 0.500. The second-order valence-corrected chi connectivity index (χ2v) is 6.39. The molecule has 1 heterocycles. The van der Waals surface area contributed by atoms with Crippen molar-refractivity contribution in [1.82, 2.24) is 10.3 Å². The molecule has 0 amide bonds. The Morgan fingerprint density at radius 1 is 1.47 bits per heavy atom. The summed E-state index contributed by atoms with van der Waals surface area (Å²) in [6.45, 7) is 2.55. The zero-order valence-electron chi connectivity index (χ0n) is 9.83. The molecular weight excluding hydrogens is 306 g/mol. The summed E-state index contributed by atoms with van der Waals surface area (Å²) in [5, 5.41) is 2.91. The Kier molecular flexibility index (Phi) is 5.35. The van der Waals surface area contributed by atoms with E-state index >= 15 is 0 Å². The Labute approximate surface area is 110 Å². The third-order valence-electron chi connectivity index (χ3n) is 2.15. The molecule has 5 nitrogen and oxygen atoms in total. The highest BCUT2D eigenvalue weighted by atomic mass is 79.9. The molecule has 1 aromatic rings. The lowest BCUT2D eigenvalue weighted by molar-refractivity contribution is 0.596. The van der Waals surface area contributed by atoms with Crippen LogP contribution in [0.5, 0.6) is 0 Å². The summed E-state index contributed by atoms with van der Waals surface area (Å²) < 4.78 is 26.7. The number of anilines is 1. The SMILES string of the molecule is CNCCCS(=O)(=O)Nc1cc(C)c(Br)cn1. The van der Waals surface area contributed by atoms with E-state index in [4.69, 9.17) is 0 Å². The molecule has 0 spiro atoms. The van der Waals surface area contributed by atoms with Gasteiger partial charge in [-0.2, -0.15) is 0 Å². The van der Waals surface area contributed by atoms with Crippen molar-refractivity contribution < 1.29 is 8.42 Å². The van der Waals surface area contributed by atoms with E-state index in [2.05, 4.69) is 31.0 Å². The molecule has 96 valence electrons. The molecule has 0 aliphatic heterocycles. The summed E-state index contributed by atoms with van der Waals surface area (Å²) in [5.41, 5.74) is 0.938. The number of hydrogen-bond acceptors (Lipinski definition) is 4. The van der Waals surface area contributed by atoms with Crippen molar-refractivity contribution in [3.63, 3.8) is 0 Å². The summed E-state index contributed by atoms with van der Waals surface area (Å²) in [6.07, 6.45) is 2.15. The Bertz CT molecular complexity index is 476. The molecule has 0 saturated heterocycles. The Hall–Kier alpha value is -0.660. The van der Waals surface area contributed by atoms with Crippen molar-refractivity contribution in [2.24, 2.45) is 0 Å². The molecule has 0 aliphatic rings. The van der Waals surface area contributed by atoms with Crippen LogP contribution in [0.4, 0.5) is 5.82 Å². The van der Waals surface area contributed by atoms with Gasteiger partial charge in [-0.05, 0) is 54.5 Å². The van der Waals surface area contributed by atoms with E-state index in [0.29, 0.717) is 18.8 Å². The van der Waals surface area contributed by atoms with Crippen molar-refractivity contribution in [2.75, 3.05) is 24.1 Å². The van der Waals surface area contributed by atoms with Gasteiger partial charge in [0.05, 0.1) is 5.75 Å². The molecule has 0 bridgehead atoms. The van der Waals surface area contributed by atoms with Crippen molar-refractivity contribution in [1.29, 1.82) is 0 Å². The first kappa shape index (κ1) is 14.4. The third kappa shape index (κ3) is 5.01. The van der Waals surface area contributed by atoms with E-state index < -0.39 is 10.0 Å². The first-order valence-electron chi connectivity index (χ1n) is 5.22. The average molecular weight is 322 g/mol. The van der Waals surface area contributed by atoms with Gasteiger partial charge in [-0.15, -0.1) is 0 Å². The molecule has 0 unspecified atom stereocenters. The second kappa shape index (κ2) is 6.32. The molecule has 0 radical (unpaired) electrons. The van der Waals surface area contributed by atoms with Crippen LogP contribution in [-0.4, -0.2) is 32.7 Å². The second-order valence-electron chi connectivity index (χ2n) is 3.70. The molecule has 0 aliphatic carbocycles. The van der Waals surface area contributed by atoms with Gasteiger partial charge < -0.3 is 5.32 Å². The fourth-order valence-electron chi connectivity index (χ4n) is 1.24. The fourth-order valence-corrected chi connectivity index (χ4v) is 2.52. The molecule has 0 aromatic carbocycles. The highest BCUT2D eigenvalue weighted by Crippen LogP contribution is 2.17. The van der Waals surface area contributed by atoms with Gasteiger partial charge >= 0.3 is 0 Å². The zero-order valence-corrected chi connectivity index (χ0v) is 12.2. The molecule has 0 saturated carbocycles. The van der Waals surface area contributed by atoms with Crippen LogP contribution in [0.15, 0.2) is 16.7 Å². The maximum absolute atomic E-state index is 11.7. The van der Waals surface area contributed by atoms with Crippen molar-refractivity contribution in [3.05, 3.63) is 22.3 Å². The molecule has 2 N–H and O–H groups in total. The quantitative estimate of drug-likeness (QED) is 0.779. The molecule has 7 heteroatoms. The van der Waals surface area contributed by atoms with Gasteiger partial charge in [-0.25, -0.2) is 13.4 Å². The highest BCUT2D eigenvalue weighted by molar-refractivity contribution is 9.10. The number of hydrogen-bond donors (Lipinski definition) is 2. The van der Waals surface area contributed by atoms with Crippen molar-refractivity contribution in [3.8, 4) is 0 Å². The smallest absolute Gasteiger partial charge is 0.233 e. The number of nitrogens with one attached hydrogen (secondary N) is 2. The summed E-state index contributed by atoms with van der Waals surface area (Å²) in [5.74, 6) is 0.445. The van der Waals surface area contributed by atoms with E-state index in [1.807, 2.05) is 6.92 Å². The van der Waals surface area contributed by atoms with Gasteiger partial charge in [0.15, 0.2) is 0 Å². The van der Waals surface area contributed by atoms with Crippen molar-refractivity contribution >= 4 is 31.8 Å². The minimum Gasteiger partial charge on any atom is -0.320 e. The van der Waals surface area contributed by atoms with Crippen LogP contribution in [-0.2, 0) is 10.0 Å². The summed E-state index contributed by atoms with van der Waals surface area (Å²) in [6, 6.07) is 1.69. The highest BCUT2D eigenvalue weighted by Gasteiger charge is 2.11. The third-order valence-corrected chi connectivity index (χ3v) is 4.32. The summed E-state index contributed by atoms with van der Waals surface area (Å²) in [4.78, 5) is 4.00. The number of pyridine rings is 1. The first-order valence-corrected chi connectivity index (χ1v) is 7.66. The monoisotopic (exact) mass is 321 g/mol. The standard InChI is InChI=1S/C10H16BrN3O2S/c1-8-6-10(13-7-9(8)11)14-17(15,16)5-3-4-12-2/h6-7,12H,3-5H2,1-2H3,(H,13,14). The molecule has 0 fully saturated rings. The van der Waals surface area contributed by atoms with Crippen LogP contribution in [0.2, 0.25) is 0 Å². The molecule has 17 heavy (non-hydrogen) atoms. The van der Waals surface area contributed by atoms with E-state index in [1.165, 1.54) is 0 Å². The number of aryl methyl sites for hydroxylation is 1. The van der Waals surface area contributed by atoms with Crippen LogP contribution in [0.25, 0.3) is 0 Å². The molecule has 1 rings (SSSR count). The van der Waals surface area contributed by atoms with Gasteiger partial charge in [0.25, 0.3) is 0 Å². The van der Waals surface area contributed by atoms with Gasteiger partial charge in [0.1, 0.15) is 5.82 Å². The maximum atomic E-state index is 11.7. The molecule has 1 aromatic heterocycles. The topological polar surface area (TPSA) is 71.1 Å². The summed E-state index contributed by atoms with van der Waals surface area (Å²) in [7, 11) is -1.51. The van der Waals surface area contributed by atoms with E-state index in [-0.39, 0.29) is 5.75 Å². The number of aromatic nitrogens is 1. The average Bonchev–Trinajstić information content (AvgIpc) is 2.23. The van der Waals surface area contributed by atoms with Crippen LogP contribution in [0.3, 0.4) is 0 Å². The lowest BCUT2D eigenvalue weighted by Crippen LogP contribution is -2.20. The van der Waals surface area contributed by atoms with Gasteiger partial charge in [-0.1, -0.05) is 0 Å². The van der Waals surface area contributed by atoms with E-state index in [9.17, 15) is 8.42 Å². The van der Waals surface area contributed by atoms with Crippen molar-refractivity contribution in [2.45, 2.75) is 13.3 Å². The Morgan fingerprint density at radius 2 is 2.18 bits per heavy atom. The van der Waals surface area contributed by atoms with Gasteiger partial charge in [0.2, 0.25) is 10.0 Å². The van der Waals surface area contributed by atoms with Gasteiger partial charge in [-0.3, -0.25) is 4.72 Å².